The molecule has 0 rings (SSSR count). The summed E-state index contributed by atoms with van der Waals surface area (Å²) in [5, 5.41) is 12.6. The van der Waals surface area contributed by atoms with E-state index in [2.05, 4.69) is 33.0 Å². The lowest BCUT2D eigenvalue weighted by Gasteiger charge is -2.25. The Bertz CT molecular complexity index is 123. The van der Waals surface area contributed by atoms with Gasteiger partial charge in [0.2, 0.25) is 0 Å². The molecule has 2 heteroatoms. The molecule has 0 aliphatic rings. The topological polar surface area (TPSA) is 32.3 Å². The van der Waals surface area contributed by atoms with E-state index < -0.39 is 0 Å². The number of hydrogen-bond acceptors (Lipinski definition) is 2. The molecule has 0 aliphatic carbocycles. The van der Waals surface area contributed by atoms with Crippen molar-refractivity contribution >= 4 is 0 Å². The highest BCUT2D eigenvalue weighted by Gasteiger charge is 2.13. The van der Waals surface area contributed by atoms with E-state index >= 15 is 0 Å². The van der Waals surface area contributed by atoms with Gasteiger partial charge in [-0.3, -0.25) is 0 Å². The van der Waals surface area contributed by atoms with Gasteiger partial charge in [-0.1, -0.05) is 34.1 Å². The minimum atomic E-state index is 0.257. The van der Waals surface area contributed by atoms with Crippen molar-refractivity contribution in [2.45, 2.75) is 65.5 Å². The average molecular weight is 201 g/mol. The molecule has 2 nitrogen and oxygen atoms in total. The van der Waals surface area contributed by atoms with Crippen LogP contribution in [0.15, 0.2) is 0 Å². The number of aliphatic hydroxyl groups excluding tert-OH is 1. The van der Waals surface area contributed by atoms with Gasteiger partial charge in [0, 0.05) is 12.1 Å². The molecule has 0 aromatic carbocycles. The molecule has 0 fully saturated rings. The summed E-state index contributed by atoms with van der Waals surface area (Å²) in [6.45, 7) is 9.12. The smallest absolute Gasteiger partial charge is 0.0584 e. The van der Waals surface area contributed by atoms with Gasteiger partial charge in [-0.15, -0.1) is 0 Å². The van der Waals surface area contributed by atoms with Gasteiger partial charge < -0.3 is 10.4 Å². The highest BCUT2D eigenvalue weighted by molar-refractivity contribution is 4.73. The van der Waals surface area contributed by atoms with Crippen molar-refractivity contribution in [1.82, 2.24) is 5.32 Å². The third-order valence-corrected chi connectivity index (χ3v) is 3.06. The zero-order valence-electron chi connectivity index (χ0n) is 10.2. The third kappa shape index (κ3) is 5.61. The van der Waals surface area contributed by atoms with Gasteiger partial charge in [-0.2, -0.15) is 0 Å². The van der Waals surface area contributed by atoms with Crippen LogP contribution in [0.4, 0.5) is 0 Å². The fraction of sp³-hybridized carbons (Fsp3) is 1.00. The maximum atomic E-state index is 9.10. The average Bonchev–Trinajstić information content (AvgIpc) is 2.23. The van der Waals surface area contributed by atoms with E-state index in [0.29, 0.717) is 6.04 Å². The molecule has 2 N–H and O–H groups in total. The second kappa shape index (κ2) is 8.25. The SMILES string of the molecule is CC[C@@H](C)C[C@H](CC)N[C@@H](CC)CO. The highest BCUT2D eigenvalue weighted by Crippen LogP contribution is 2.12. The first-order valence-corrected chi connectivity index (χ1v) is 6.04. The van der Waals surface area contributed by atoms with E-state index in [4.69, 9.17) is 5.11 Å². The summed E-state index contributed by atoms with van der Waals surface area (Å²) in [4.78, 5) is 0. The van der Waals surface area contributed by atoms with Crippen molar-refractivity contribution in [2.75, 3.05) is 6.61 Å². The summed E-state index contributed by atoms with van der Waals surface area (Å²) in [6, 6.07) is 0.853. The van der Waals surface area contributed by atoms with E-state index in [-0.39, 0.29) is 12.6 Å². The van der Waals surface area contributed by atoms with Crippen molar-refractivity contribution in [1.29, 1.82) is 0 Å². The summed E-state index contributed by atoms with van der Waals surface area (Å²) in [5.74, 6) is 0.781. The van der Waals surface area contributed by atoms with Crippen LogP contribution < -0.4 is 5.32 Å². The molecule has 0 unspecified atom stereocenters. The van der Waals surface area contributed by atoms with E-state index in [1.54, 1.807) is 0 Å². The van der Waals surface area contributed by atoms with Gasteiger partial charge in [-0.05, 0) is 25.2 Å². The number of aliphatic hydroxyl groups is 1. The zero-order chi connectivity index (χ0) is 11.0. The monoisotopic (exact) mass is 201 g/mol. The Labute approximate surface area is 89.1 Å². The van der Waals surface area contributed by atoms with Crippen molar-refractivity contribution in [3.05, 3.63) is 0 Å². The molecule has 0 spiro atoms. The molecule has 0 amide bonds. The number of hydrogen-bond donors (Lipinski definition) is 2. The molecule has 0 saturated heterocycles. The molecule has 14 heavy (non-hydrogen) atoms. The molecular formula is C12H27NO. The highest BCUT2D eigenvalue weighted by atomic mass is 16.3. The minimum absolute atomic E-state index is 0.257. The summed E-state index contributed by atoms with van der Waals surface area (Å²) in [6.07, 6.45) is 4.63. The lowest BCUT2D eigenvalue weighted by Crippen LogP contribution is -2.40. The molecule has 3 atom stereocenters. The molecule has 86 valence electrons. The van der Waals surface area contributed by atoms with E-state index in [0.717, 1.165) is 18.8 Å². The van der Waals surface area contributed by atoms with Crippen LogP contribution in [0.2, 0.25) is 0 Å². The maximum absolute atomic E-state index is 9.10. The molecule has 0 saturated carbocycles. The van der Waals surface area contributed by atoms with Gasteiger partial charge >= 0.3 is 0 Å². The first kappa shape index (κ1) is 13.9. The van der Waals surface area contributed by atoms with Gasteiger partial charge in [-0.25, -0.2) is 0 Å². The van der Waals surface area contributed by atoms with Crippen LogP contribution in [0.3, 0.4) is 0 Å². The minimum Gasteiger partial charge on any atom is -0.395 e. The lowest BCUT2D eigenvalue weighted by molar-refractivity contribution is 0.218. The lowest BCUT2D eigenvalue weighted by atomic mass is 9.97. The fourth-order valence-electron chi connectivity index (χ4n) is 1.64. The molecule has 0 aromatic rings. The van der Waals surface area contributed by atoms with E-state index in [1.807, 2.05) is 0 Å². The van der Waals surface area contributed by atoms with Crippen LogP contribution in [0.1, 0.15) is 53.4 Å². The molecule has 0 aliphatic heterocycles. The summed E-state index contributed by atoms with van der Waals surface area (Å²) in [5.41, 5.74) is 0. The predicted molar refractivity (Wildman–Crippen MR) is 62.5 cm³/mol. The normalized spacial score (nSPS) is 17.8. The molecular weight excluding hydrogens is 174 g/mol. The molecule has 0 bridgehead atoms. The Balaban J connectivity index is 3.88. The number of rotatable bonds is 8. The largest absolute Gasteiger partial charge is 0.395 e. The van der Waals surface area contributed by atoms with Crippen LogP contribution in [-0.4, -0.2) is 23.8 Å². The third-order valence-electron chi connectivity index (χ3n) is 3.06. The second-order valence-corrected chi connectivity index (χ2v) is 4.31. The van der Waals surface area contributed by atoms with Crippen molar-refractivity contribution in [2.24, 2.45) is 5.92 Å². The Morgan fingerprint density at radius 3 is 1.93 bits per heavy atom. The fourth-order valence-corrected chi connectivity index (χ4v) is 1.64. The predicted octanol–water partition coefficient (Wildman–Crippen LogP) is 2.56. The quantitative estimate of drug-likeness (QED) is 0.632. The summed E-state index contributed by atoms with van der Waals surface area (Å²) < 4.78 is 0. The van der Waals surface area contributed by atoms with Crippen LogP contribution in [0, 0.1) is 5.92 Å². The second-order valence-electron chi connectivity index (χ2n) is 4.31. The first-order chi connectivity index (χ1) is 6.67. The molecule has 0 aromatic heterocycles. The zero-order valence-corrected chi connectivity index (χ0v) is 10.2. The van der Waals surface area contributed by atoms with E-state index in [1.165, 1.54) is 12.8 Å². The van der Waals surface area contributed by atoms with Crippen molar-refractivity contribution in [3.63, 3.8) is 0 Å². The van der Waals surface area contributed by atoms with Gasteiger partial charge in [0.15, 0.2) is 0 Å². The van der Waals surface area contributed by atoms with Crippen molar-refractivity contribution < 1.29 is 5.11 Å². The summed E-state index contributed by atoms with van der Waals surface area (Å²) in [7, 11) is 0. The van der Waals surface area contributed by atoms with Crippen LogP contribution in [0.5, 0.6) is 0 Å². The molecule has 0 heterocycles. The Morgan fingerprint density at radius 1 is 1.00 bits per heavy atom. The Morgan fingerprint density at radius 2 is 1.57 bits per heavy atom. The van der Waals surface area contributed by atoms with Crippen LogP contribution >= 0.6 is 0 Å². The van der Waals surface area contributed by atoms with Crippen LogP contribution in [0.25, 0.3) is 0 Å². The van der Waals surface area contributed by atoms with Crippen LogP contribution in [-0.2, 0) is 0 Å². The Kier molecular flexibility index (Phi) is 8.20. The van der Waals surface area contributed by atoms with Gasteiger partial charge in [0.25, 0.3) is 0 Å². The first-order valence-electron chi connectivity index (χ1n) is 6.04. The molecule has 0 radical (unpaired) electrons. The van der Waals surface area contributed by atoms with Crippen molar-refractivity contribution in [3.8, 4) is 0 Å². The number of nitrogens with one attached hydrogen (secondary N) is 1. The van der Waals surface area contributed by atoms with E-state index in [9.17, 15) is 0 Å². The van der Waals surface area contributed by atoms with Gasteiger partial charge in [0.05, 0.1) is 6.61 Å². The summed E-state index contributed by atoms with van der Waals surface area (Å²) >= 11 is 0. The van der Waals surface area contributed by atoms with Gasteiger partial charge in [0.1, 0.15) is 0 Å². The Hall–Kier alpha value is -0.0800. The maximum Gasteiger partial charge on any atom is 0.0584 e. The standard InChI is InChI=1S/C12H27NO/c1-5-10(4)8-11(6-2)13-12(7-3)9-14/h10-14H,5-9H2,1-4H3/t10-,11+,12+/m1/s1.